The monoisotopic (exact) mass is 297 g/mol. The van der Waals surface area contributed by atoms with E-state index in [2.05, 4.69) is 10.3 Å². The minimum absolute atomic E-state index is 0.136. The third kappa shape index (κ3) is 2.60. The number of aryl methyl sites for hydroxylation is 1. The molecular weight excluding hydrogens is 282 g/mol. The van der Waals surface area contributed by atoms with Crippen molar-refractivity contribution in [2.75, 3.05) is 11.1 Å². The van der Waals surface area contributed by atoms with Crippen LogP contribution < -0.4 is 11.1 Å². The number of thiazole rings is 1. The summed E-state index contributed by atoms with van der Waals surface area (Å²) in [6.07, 6.45) is 0. The van der Waals surface area contributed by atoms with Gasteiger partial charge in [-0.25, -0.2) is 4.98 Å². The van der Waals surface area contributed by atoms with Gasteiger partial charge in [0.15, 0.2) is 5.13 Å². The first-order valence-electron chi connectivity index (χ1n) is 6.58. The highest BCUT2D eigenvalue weighted by molar-refractivity contribution is 7.22. The quantitative estimate of drug-likeness (QED) is 0.708. The average molecular weight is 297 g/mol. The Morgan fingerprint density at radius 1 is 1.24 bits per heavy atom. The van der Waals surface area contributed by atoms with Crippen molar-refractivity contribution in [3.05, 3.63) is 53.1 Å². The Hall–Kier alpha value is -2.40. The molecule has 4 nitrogen and oxygen atoms in total. The number of nitrogen functional groups attached to an aromatic ring is 1. The standard InChI is InChI=1S/C16H15N3OS/c1-9-4-3-5-12(10(9)2)15(20)19-16-18-13-7-6-11(17)8-14(13)21-16/h3-8H,17H2,1-2H3,(H,18,19,20). The molecule has 3 rings (SSSR count). The number of aromatic nitrogens is 1. The fourth-order valence-electron chi connectivity index (χ4n) is 2.16. The normalized spacial score (nSPS) is 10.8. The number of nitrogens with two attached hydrogens (primary N) is 1. The largest absolute Gasteiger partial charge is 0.399 e. The Morgan fingerprint density at radius 3 is 2.86 bits per heavy atom. The van der Waals surface area contributed by atoms with Gasteiger partial charge in [0.1, 0.15) is 0 Å². The van der Waals surface area contributed by atoms with Crippen LogP contribution in [0.25, 0.3) is 10.2 Å². The van der Waals surface area contributed by atoms with Gasteiger partial charge in [-0.2, -0.15) is 0 Å². The third-order valence-electron chi connectivity index (χ3n) is 3.48. The van der Waals surface area contributed by atoms with Crippen LogP contribution >= 0.6 is 11.3 Å². The fraction of sp³-hybridized carbons (Fsp3) is 0.125. The molecule has 0 aliphatic rings. The fourth-order valence-corrected chi connectivity index (χ4v) is 3.07. The van der Waals surface area contributed by atoms with Crippen molar-refractivity contribution < 1.29 is 4.79 Å². The molecule has 3 N–H and O–H groups in total. The van der Waals surface area contributed by atoms with Crippen LogP contribution in [0, 0.1) is 13.8 Å². The van der Waals surface area contributed by atoms with Gasteiger partial charge in [-0.15, -0.1) is 0 Å². The molecule has 0 radical (unpaired) electrons. The molecule has 106 valence electrons. The van der Waals surface area contributed by atoms with Crippen molar-refractivity contribution in [1.82, 2.24) is 4.98 Å². The van der Waals surface area contributed by atoms with Crippen molar-refractivity contribution in [2.45, 2.75) is 13.8 Å². The molecule has 1 aromatic heterocycles. The Morgan fingerprint density at radius 2 is 2.05 bits per heavy atom. The molecule has 0 bridgehead atoms. The number of rotatable bonds is 2. The molecule has 5 heteroatoms. The smallest absolute Gasteiger partial charge is 0.257 e. The van der Waals surface area contributed by atoms with Crippen LogP contribution in [0.2, 0.25) is 0 Å². The summed E-state index contributed by atoms with van der Waals surface area (Å²) >= 11 is 1.42. The summed E-state index contributed by atoms with van der Waals surface area (Å²) in [6.45, 7) is 3.94. The second kappa shape index (κ2) is 5.18. The van der Waals surface area contributed by atoms with Crippen LogP contribution in [-0.4, -0.2) is 10.9 Å². The Kier molecular flexibility index (Phi) is 3.35. The number of hydrogen-bond acceptors (Lipinski definition) is 4. The maximum absolute atomic E-state index is 12.4. The number of nitrogens with zero attached hydrogens (tertiary/aromatic N) is 1. The predicted molar refractivity (Wildman–Crippen MR) is 87.9 cm³/mol. The number of benzene rings is 2. The van der Waals surface area contributed by atoms with E-state index in [0.717, 1.165) is 21.3 Å². The number of nitrogens with one attached hydrogen (secondary N) is 1. The zero-order chi connectivity index (χ0) is 15.0. The molecule has 2 aromatic carbocycles. The van der Waals surface area contributed by atoms with E-state index >= 15 is 0 Å². The SMILES string of the molecule is Cc1cccc(C(=O)Nc2nc3ccc(N)cc3s2)c1C. The second-order valence-corrected chi connectivity index (χ2v) is 5.98. The molecule has 1 amide bonds. The first-order chi connectivity index (χ1) is 10.0. The van der Waals surface area contributed by atoms with E-state index in [1.165, 1.54) is 11.3 Å². The summed E-state index contributed by atoms with van der Waals surface area (Å²) in [6, 6.07) is 11.2. The molecule has 0 unspecified atom stereocenters. The lowest BCUT2D eigenvalue weighted by Crippen LogP contribution is -2.13. The van der Waals surface area contributed by atoms with E-state index in [4.69, 9.17) is 5.73 Å². The van der Waals surface area contributed by atoms with Gasteiger partial charge in [0.2, 0.25) is 0 Å². The summed E-state index contributed by atoms with van der Waals surface area (Å²) in [5, 5.41) is 3.45. The molecular formula is C16H15N3OS. The van der Waals surface area contributed by atoms with Crippen molar-refractivity contribution in [3.8, 4) is 0 Å². The summed E-state index contributed by atoms with van der Waals surface area (Å²) in [4.78, 5) is 16.8. The van der Waals surface area contributed by atoms with Gasteiger partial charge in [-0.3, -0.25) is 10.1 Å². The van der Waals surface area contributed by atoms with Crippen molar-refractivity contribution in [2.24, 2.45) is 0 Å². The number of fused-ring (bicyclic) bond motifs is 1. The van der Waals surface area contributed by atoms with Crippen LogP contribution in [0.1, 0.15) is 21.5 Å². The van der Waals surface area contributed by atoms with Gasteiger partial charge in [0, 0.05) is 11.3 Å². The number of amides is 1. The molecule has 0 spiro atoms. The highest BCUT2D eigenvalue weighted by Crippen LogP contribution is 2.28. The topological polar surface area (TPSA) is 68.0 Å². The molecule has 0 aliphatic carbocycles. The van der Waals surface area contributed by atoms with Gasteiger partial charge in [-0.05, 0) is 49.2 Å². The van der Waals surface area contributed by atoms with Crippen LogP contribution in [-0.2, 0) is 0 Å². The Labute approximate surface area is 126 Å². The van der Waals surface area contributed by atoms with E-state index in [9.17, 15) is 4.79 Å². The number of carbonyl (C=O) groups excluding carboxylic acids is 1. The van der Waals surface area contributed by atoms with E-state index < -0.39 is 0 Å². The van der Waals surface area contributed by atoms with E-state index in [0.29, 0.717) is 16.4 Å². The Bertz CT molecular complexity index is 839. The first-order valence-corrected chi connectivity index (χ1v) is 7.40. The first kappa shape index (κ1) is 13.6. The minimum Gasteiger partial charge on any atom is -0.399 e. The Balaban J connectivity index is 1.91. The van der Waals surface area contributed by atoms with Crippen LogP contribution in [0.15, 0.2) is 36.4 Å². The maximum atomic E-state index is 12.4. The highest BCUT2D eigenvalue weighted by Gasteiger charge is 2.12. The molecule has 0 saturated heterocycles. The van der Waals surface area contributed by atoms with Gasteiger partial charge >= 0.3 is 0 Å². The van der Waals surface area contributed by atoms with E-state index in [1.54, 1.807) is 6.07 Å². The molecule has 1 heterocycles. The summed E-state index contributed by atoms with van der Waals surface area (Å²) in [7, 11) is 0. The minimum atomic E-state index is -0.136. The highest BCUT2D eigenvalue weighted by atomic mass is 32.1. The summed E-state index contributed by atoms with van der Waals surface area (Å²) in [5.41, 5.74) is 10.0. The van der Waals surface area contributed by atoms with Gasteiger partial charge in [0.25, 0.3) is 5.91 Å². The van der Waals surface area contributed by atoms with Crippen LogP contribution in [0.5, 0.6) is 0 Å². The lowest BCUT2D eigenvalue weighted by Gasteiger charge is -2.07. The lowest BCUT2D eigenvalue weighted by atomic mass is 10.0. The predicted octanol–water partition coefficient (Wildman–Crippen LogP) is 3.75. The maximum Gasteiger partial charge on any atom is 0.257 e. The van der Waals surface area contributed by atoms with Gasteiger partial charge in [0.05, 0.1) is 10.2 Å². The zero-order valence-electron chi connectivity index (χ0n) is 11.8. The number of hydrogen-bond donors (Lipinski definition) is 2. The molecule has 0 saturated carbocycles. The summed E-state index contributed by atoms with van der Waals surface area (Å²) in [5.74, 6) is -0.136. The lowest BCUT2D eigenvalue weighted by molar-refractivity contribution is 0.102. The summed E-state index contributed by atoms with van der Waals surface area (Å²) < 4.78 is 0.964. The molecule has 0 aliphatic heterocycles. The average Bonchev–Trinajstić information content (AvgIpc) is 2.83. The zero-order valence-corrected chi connectivity index (χ0v) is 12.6. The van der Waals surface area contributed by atoms with Crippen molar-refractivity contribution >= 4 is 38.3 Å². The van der Waals surface area contributed by atoms with Crippen molar-refractivity contribution in [3.63, 3.8) is 0 Å². The van der Waals surface area contributed by atoms with Crippen LogP contribution in [0.4, 0.5) is 10.8 Å². The molecule has 3 aromatic rings. The third-order valence-corrected chi connectivity index (χ3v) is 4.42. The number of anilines is 2. The van der Waals surface area contributed by atoms with Gasteiger partial charge in [-0.1, -0.05) is 23.5 Å². The molecule has 0 atom stereocenters. The molecule has 21 heavy (non-hydrogen) atoms. The van der Waals surface area contributed by atoms with Crippen molar-refractivity contribution in [1.29, 1.82) is 0 Å². The van der Waals surface area contributed by atoms with Crippen LogP contribution in [0.3, 0.4) is 0 Å². The second-order valence-electron chi connectivity index (χ2n) is 4.95. The van der Waals surface area contributed by atoms with Gasteiger partial charge < -0.3 is 5.73 Å². The molecule has 0 fully saturated rings. The van der Waals surface area contributed by atoms with E-state index in [-0.39, 0.29) is 5.91 Å². The number of carbonyl (C=O) groups is 1. The van der Waals surface area contributed by atoms with E-state index in [1.807, 2.05) is 44.2 Å².